The number of nitrogens with zero attached hydrogens (tertiary/aromatic N) is 2. The Balaban J connectivity index is 1.58. The minimum absolute atomic E-state index is 0.0234. The highest BCUT2D eigenvalue weighted by Gasteiger charge is 2.34. The number of nitrogens with one attached hydrogen (secondary N) is 1. The van der Waals surface area contributed by atoms with Crippen LogP contribution in [0.5, 0.6) is 5.75 Å². The minimum atomic E-state index is -0.152. The fraction of sp³-hybridized carbons (Fsp3) is 0.360. The molecule has 1 heterocycles. The van der Waals surface area contributed by atoms with E-state index in [9.17, 15) is 4.79 Å². The first kappa shape index (κ1) is 22.6. The summed E-state index contributed by atoms with van der Waals surface area (Å²) in [6.45, 7) is 4.96. The number of ether oxygens (including phenoxy) is 2. The van der Waals surface area contributed by atoms with E-state index in [2.05, 4.69) is 26.2 Å². The average Bonchev–Trinajstić information content (AvgIpc) is 3.62. The lowest BCUT2D eigenvalue weighted by Gasteiger charge is -2.21. The van der Waals surface area contributed by atoms with Gasteiger partial charge in [-0.15, -0.1) is 0 Å². The summed E-state index contributed by atoms with van der Waals surface area (Å²) in [5.41, 5.74) is 3.77. The van der Waals surface area contributed by atoms with Gasteiger partial charge in [0.15, 0.2) is 5.82 Å². The van der Waals surface area contributed by atoms with Crippen LogP contribution in [0.25, 0.3) is 0 Å². The molecule has 3 aromatic rings. The van der Waals surface area contributed by atoms with E-state index < -0.39 is 0 Å². The van der Waals surface area contributed by atoms with Gasteiger partial charge in [-0.25, -0.2) is 4.98 Å². The molecular formula is C25H28BrN3O3. The molecule has 1 fully saturated rings. The summed E-state index contributed by atoms with van der Waals surface area (Å²) in [4.78, 5) is 17.8. The van der Waals surface area contributed by atoms with Crippen molar-refractivity contribution in [2.75, 3.05) is 19.0 Å². The van der Waals surface area contributed by atoms with Gasteiger partial charge in [0.25, 0.3) is 5.56 Å². The smallest absolute Gasteiger partial charge is 0.294 e. The molecule has 0 saturated heterocycles. The Morgan fingerprint density at radius 1 is 1.19 bits per heavy atom. The molecule has 0 amide bonds. The van der Waals surface area contributed by atoms with Gasteiger partial charge in [-0.2, -0.15) is 0 Å². The van der Waals surface area contributed by atoms with Crippen molar-refractivity contribution in [2.24, 2.45) is 5.92 Å². The quantitative estimate of drug-likeness (QED) is 0.420. The average molecular weight is 498 g/mol. The maximum atomic E-state index is 13.4. The summed E-state index contributed by atoms with van der Waals surface area (Å²) < 4.78 is 13.8. The third kappa shape index (κ3) is 5.22. The number of rotatable bonds is 9. The van der Waals surface area contributed by atoms with Crippen molar-refractivity contribution in [3.63, 3.8) is 0 Å². The van der Waals surface area contributed by atoms with Gasteiger partial charge in [0.05, 0.1) is 26.4 Å². The Labute approximate surface area is 196 Å². The molecule has 32 heavy (non-hydrogen) atoms. The van der Waals surface area contributed by atoms with E-state index in [-0.39, 0.29) is 11.6 Å². The summed E-state index contributed by atoms with van der Waals surface area (Å²) in [7, 11) is 1.65. The summed E-state index contributed by atoms with van der Waals surface area (Å²) in [6.07, 6.45) is 3.98. The maximum absolute atomic E-state index is 13.4. The van der Waals surface area contributed by atoms with Gasteiger partial charge in [-0.1, -0.05) is 30.3 Å². The summed E-state index contributed by atoms with van der Waals surface area (Å²) >= 11 is 3.49. The highest BCUT2D eigenvalue weighted by atomic mass is 79.9. The molecular weight excluding hydrogens is 470 g/mol. The number of halogens is 1. The molecule has 1 N–H and O–H groups in total. The van der Waals surface area contributed by atoms with Crippen LogP contribution in [0.1, 0.15) is 35.6 Å². The van der Waals surface area contributed by atoms with Crippen molar-refractivity contribution in [1.29, 1.82) is 0 Å². The Kier molecular flexibility index (Phi) is 6.96. The molecule has 1 aliphatic carbocycles. The highest BCUT2D eigenvalue weighted by Crippen LogP contribution is 2.40. The van der Waals surface area contributed by atoms with E-state index in [0.29, 0.717) is 29.6 Å². The topological polar surface area (TPSA) is 65.4 Å². The van der Waals surface area contributed by atoms with Crippen molar-refractivity contribution in [1.82, 2.24) is 9.55 Å². The van der Waals surface area contributed by atoms with Crippen molar-refractivity contribution in [2.45, 2.75) is 39.3 Å². The van der Waals surface area contributed by atoms with E-state index in [1.54, 1.807) is 17.9 Å². The minimum Gasteiger partial charge on any atom is -0.496 e. The molecule has 1 aliphatic rings. The second-order valence-electron chi connectivity index (χ2n) is 8.29. The second kappa shape index (κ2) is 9.88. The number of hydrogen-bond acceptors (Lipinski definition) is 5. The lowest BCUT2D eigenvalue weighted by Crippen LogP contribution is -2.31. The van der Waals surface area contributed by atoms with Crippen LogP contribution < -0.4 is 15.6 Å². The molecule has 1 atom stereocenters. The van der Waals surface area contributed by atoms with Crippen LogP contribution in [-0.2, 0) is 11.3 Å². The predicted octanol–water partition coefficient (Wildman–Crippen LogP) is 5.54. The Morgan fingerprint density at radius 3 is 2.62 bits per heavy atom. The molecule has 4 rings (SSSR count). The number of aryl methyl sites for hydroxylation is 2. The summed E-state index contributed by atoms with van der Waals surface area (Å²) in [6, 6.07) is 14.0. The van der Waals surface area contributed by atoms with Gasteiger partial charge in [0.2, 0.25) is 0 Å². The number of benzene rings is 2. The van der Waals surface area contributed by atoms with Crippen LogP contribution in [0.15, 0.2) is 58.1 Å². The fourth-order valence-corrected chi connectivity index (χ4v) is 4.27. The normalized spacial score (nSPS) is 14.2. The first-order valence-electron chi connectivity index (χ1n) is 10.8. The number of methoxy groups -OCH3 is 1. The first-order valence-corrected chi connectivity index (χ1v) is 11.6. The molecule has 2 aromatic carbocycles. The van der Waals surface area contributed by atoms with Crippen LogP contribution in [-0.4, -0.2) is 23.3 Å². The van der Waals surface area contributed by atoms with Gasteiger partial charge in [-0.05, 0) is 77.4 Å². The number of anilines is 2. The van der Waals surface area contributed by atoms with E-state index in [1.807, 2.05) is 56.3 Å². The van der Waals surface area contributed by atoms with Crippen molar-refractivity contribution in [3.05, 3.63) is 80.3 Å². The lowest BCUT2D eigenvalue weighted by atomic mass is 10.1. The maximum Gasteiger partial charge on any atom is 0.294 e. The van der Waals surface area contributed by atoms with E-state index in [4.69, 9.17) is 9.47 Å². The predicted molar refractivity (Wildman–Crippen MR) is 130 cm³/mol. The van der Waals surface area contributed by atoms with Gasteiger partial charge in [0, 0.05) is 11.9 Å². The molecule has 0 aliphatic heterocycles. The van der Waals surface area contributed by atoms with E-state index in [1.165, 1.54) is 0 Å². The summed E-state index contributed by atoms with van der Waals surface area (Å²) in [5.74, 6) is 1.55. The first-order chi connectivity index (χ1) is 15.5. The zero-order chi connectivity index (χ0) is 22.7. The fourth-order valence-electron chi connectivity index (χ4n) is 3.88. The third-order valence-corrected chi connectivity index (χ3v) is 6.20. The lowest BCUT2D eigenvalue weighted by molar-refractivity contribution is 0.0820. The number of hydrogen-bond donors (Lipinski definition) is 1. The molecule has 1 aromatic heterocycles. The van der Waals surface area contributed by atoms with Gasteiger partial charge < -0.3 is 19.4 Å². The molecule has 0 unspecified atom stereocenters. The monoisotopic (exact) mass is 497 g/mol. The molecule has 0 spiro atoms. The van der Waals surface area contributed by atoms with E-state index >= 15 is 0 Å². The molecule has 7 heteroatoms. The third-order valence-electron chi connectivity index (χ3n) is 5.82. The second-order valence-corrected chi connectivity index (χ2v) is 9.10. The van der Waals surface area contributed by atoms with Crippen LogP contribution in [0, 0.1) is 19.8 Å². The van der Waals surface area contributed by atoms with Crippen molar-refractivity contribution in [3.8, 4) is 5.75 Å². The van der Waals surface area contributed by atoms with Crippen molar-refractivity contribution >= 4 is 27.4 Å². The summed E-state index contributed by atoms with van der Waals surface area (Å²) in [5, 5.41) is 3.24. The van der Waals surface area contributed by atoms with Gasteiger partial charge in [-0.3, -0.25) is 4.79 Å². The Hall–Kier alpha value is -2.64. The van der Waals surface area contributed by atoms with Crippen LogP contribution in [0.4, 0.5) is 11.5 Å². The largest absolute Gasteiger partial charge is 0.496 e. The molecule has 6 nitrogen and oxygen atoms in total. The Bertz CT molecular complexity index is 1140. The zero-order valence-corrected chi connectivity index (χ0v) is 20.2. The zero-order valence-electron chi connectivity index (χ0n) is 18.6. The molecule has 168 valence electrons. The van der Waals surface area contributed by atoms with Gasteiger partial charge >= 0.3 is 0 Å². The van der Waals surface area contributed by atoms with Crippen LogP contribution in [0.3, 0.4) is 0 Å². The Morgan fingerprint density at radius 2 is 1.94 bits per heavy atom. The SMILES string of the molecule is COc1cc(C)c(Nc2nc(Br)cn([C@@H](COCc3ccccc3)C3CC3)c2=O)cc1C. The van der Waals surface area contributed by atoms with Crippen LogP contribution >= 0.6 is 15.9 Å². The highest BCUT2D eigenvalue weighted by molar-refractivity contribution is 9.10. The number of aromatic nitrogens is 2. The molecule has 0 radical (unpaired) electrons. The molecule has 1 saturated carbocycles. The van der Waals surface area contributed by atoms with Crippen LogP contribution in [0.2, 0.25) is 0 Å². The van der Waals surface area contributed by atoms with Crippen molar-refractivity contribution < 1.29 is 9.47 Å². The standard InChI is InChI=1S/C25H28BrN3O3/c1-16-12-22(31-3)17(2)11-20(16)27-24-25(30)29(13-23(26)28-24)21(19-9-10-19)15-32-14-18-7-5-4-6-8-18/h4-8,11-13,19,21H,9-10,14-15H2,1-3H3,(H,27,28)/t21-/m0/s1. The van der Waals surface area contributed by atoms with Gasteiger partial charge in [0.1, 0.15) is 10.4 Å². The van der Waals surface area contributed by atoms with E-state index in [0.717, 1.165) is 41.0 Å². The molecule has 0 bridgehead atoms.